The van der Waals surface area contributed by atoms with Gasteiger partial charge in [0, 0.05) is 0 Å². The molecule has 31 heavy (non-hydrogen) atoms. The van der Waals surface area contributed by atoms with Crippen molar-refractivity contribution < 1.29 is 38.4 Å². The number of carboxylic acid groups (broad SMARTS) is 1. The van der Waals surface area contributed by atoms with Gasteiger partial charge in [0.1, 0.15) is 11.4 Å². The average molecular weight is 448 g/mol. The first kappa shape index (κ1) is 22.5. The molecule has 3 unspecified atom stereocenters. The highest BCUT2D eigenvalue weighted by Gasteiger charge is 2.63. The first-order valence-corrected chi connectivity index (χ1v) is 10.6. The number of carbonyl (C=O) groups excluding carboxylic acids is 4. The molecule has 1 fully saturated rings. The van der Waals surface area contributed by atoms with Crippen molar-refractivity contribution in [1.29, 1.82) is 0 Å². The zero-order chi connectivity index (χ0) is 23.0. The summed E-state index contributed by atoms with van der Waals surface area (Å²) in [4.78, 5) is 63.5. The molecule has 1 aromatic rings. The highest BCUT2D eigenvalue weighted by Crippen LogP contribution is 2.38. The number of ether oxygens (including phenoxy) is 1. The molecule has 1 saturated heterocycles. The van der Waals surface area contributed by atoms with E-state index in [-0.39, 0.29) is 34.6 Å². The maximum Gasteiger partial charge on any atom is 0.352 e. The summed E-state index contributed by atoms with van der Waals surface area (Å²) in [5.41, 5.74) is 0.114. The Kier molecular flexibility index (Phi) is 6.18. The number of carbonyl (C=O) groups is 5. The van der Waals surface area contributed by atoms with Gasteiger partial charge in [-0.3, -0.25) is 29.0 Å². The molecule has 1 aromatic carbocycles. The monoisotopic (exact) mass is 448 g/mol. The third kappa shape index (κ3) is 3.70. The van der Waals surface area contributed by atoms with Crippen molar-refractivity contribution in [3.8, 4) is 0 Å². The summed E-state index contributed by atoms with van der Waals surface area (Å²) in [6, 6.07) is 4.58. The summed E-state index contributed by atoms with van der Waals surface area (Å²) in [7, 11) is 1.16. The first-order valence-electron chi connectivity index (χ1n) is 9.26. The summed E-state index contributed by atoms with van der Waals surface area (Å²) >= 11 is -1.97. The molecule has 0 bridgehead atoms. The van der Waals surface area contributed by atoms with Crippen LogP contribution >= 0.6 is 0 Å². The van der Waals surface area contributed by atoms with Crippen LogP contribution in [0.2, 0.25) is 0 Å². The summed E-state index contributed by atoms with van der Waals surface area (Å²) in [6.07, 6.45) is -0.242. The Labute approximate surface area is 180 Å². The van der Waals surface area contributed by atoms with Gasteiger partial charge in [0.25, 0.3) is 17.7 Å². The number of imide groups is 1. The average Bonchev–Trinajstić information content (AvgIpc) is 2.97. The van der Waals surface area contributed by atoms with E-state index in [4.69, 9.17) is 0 Å². The van der Waals surface area contributed by atoms with Gasteiger partial charge >= 0.3 is 11.9 Å². The predicted octanol–water partition coefficient (Wildman–Crippen LogP) is 0.510. The van der Waals surface area contributed by atoms with Gasteiger partial charge in [-0.2, -0.15) is 0 Å². The standard InChI is InChI=1S/C20H20N2O8S/c1-10(2)14(20(27)28)22-18(26)15(19(22)31(29)9-8-13(23)30-3)21-16(24)11-6-4-5-7-12(11)17(21)25/h4-7,15,19H,8-9H2,1-3H3,(H,27,28). The molecule has 0 radical (unpaired) electrons. The molecule has 0 saturated carbocycles. The number of fused-ring (bicyclic) bond motifs is 1. The Morgan fingerprint density at radius 2 is 1.68 bits per heavy atom. The summed E-state index contributed by atoms with van der Waals surface area (Å²) in [5, 5.41) is 8.27. The van der Waals surface area contributed by atoms with Crippen LogP contribution in [-0.2, 0) is 30.3 Å². The van der Waals surface area contributed by atoms with Gasteiger partial charge in [0.05, 0.1) is 24.7 Å². The smallest absolute Gasteiger partial charge is 0.352 e. The van der Waals surface area contributed by atoms with Crippen LogP contribution in [0.15, 0.2) is 35.5 Å². The van der Waals surface area contributed by atoms with E-state index in [9.17, 15) is 33.6 Å². The fourth-order valence-electron chi connectivity index (χ4n) is 3.61. The van der Waals surface area contributed by atoms with E-state index >= 15 is 0 Å². The Hall–Kier alpha value is -3.18. The van der Waals surface area contributed by atoms with Crippen molar-refractivity contribution in [3.63, 3.8) is 0 Å². The second kappa shape index (κ2) is 8.52. The lowest BCUT2D eigenvalue weighted by Crippen LogP contribution is -2.74. The van der Waals surface area contributed by atoms with Gasteiger partial charge in [-0.15, -0.1) is 0 Å². The number of esters is 1. The van der Waals surface area contributed by atoms with Crippen molar-refractivity contribution >= 4 is 40.8 Å². The lowest BCUT2D eigenvalue weighted by Gasteiger charge is -2.48. The van der Waals surface area contributed by atoms with E-state index in [0.717, 1.165) is 16.9 Å². The zero-order valence-corrected chi connectivity index (χ0v) is 17.8. The molecule has 2 aliphatic rings. The van der Waals surface area contributed by atoms with Gasteiger partial charge in [0.2, 0.25) is 5.37 Å². The van der Waals surface area contributed by atoms with Gasteiger partial charge in [-0.1, -0.05) is 12.1 Å². The van der Waals surface area contributed by atoms with Crippen molar-refractivity contribution in [2.45, 2.75) is 31.7 Å². The number of nitrogens with zero attached hydrogens (tertiary/aromatic N) is 2. The fourth-order valence-corrected chi connectivity index (χ4v) is 5.19. The Morgan fingerprint density at radius 1 is 1.13 bits per heavy atom. The molecule has 2 heterocycles. The SMILES string of the molecule is COC(=O)CC[S+]([O-])C1C(N2C(=O)c3ccccc3C2=O)C(=O)N1C(C(=O)O)=C(C)C. The molecule has 164 valence electrons. The van der Waals surface area contributed by atoms with Crippen LogP contribution in [0, 0.1) is 0 Å². The quantitative estimate of drug-likeness (QED) is 0.209. The van der Waals surface area contributed by atoms with Crippen LogP contribution in [0.5, 0.6) is 0 Å². The molecule has 0 aliphatic carbocycles. The second-order valence-electron chi connectivity index (χ2n) is 7.13. The van der Waals surface area contributed by atoms with E-state index in [1.54, 1.807) is 12.1 Å². The summed E-state index contributed by atoms with van der Waals surface area (Å²) in [5.74, 6) is -4.56. The first-order chi connectivity index (χ1) is 14.6. The number of carboxylic acids is 1. The number of hydrogen-bond acceptors (Lipinski definition) is 7. The predicted molar refractivity (Wildman–Crippen MR) is 107 cm³/mol. The Bertz CT molecular complexity index is 981. The number of methoxy groups -OCH3 is 1. The van der Waals surface area contributed by atoms with Gasteiger partial charge in [0.15, 0.2) is 6.04 Å². The van der Waals surface area contributed by atoms with Crippen LogP contribution in [0.1, 0.15) is 41.0 Å². The number of benzene rings is 1. The largest absolute Gasteiger partial charge is 0.615 e. The van der Waals surface area contributed by atoms with Crippen LogP contribution in [0.3, 0.4) is 0 Å². The molecule has 11 heteroatoms. The van der Waals surface area contributed by atoms with E-state index in [2.05, 4.69) is 4.74 Å². The molecule has 2 aliphatic heterocycles. The maximum atomic E-state index is 13.0. The second-order valence-corrected chi connectivity index (χ2v) is 8.79. The number of likely N-dealkylation sites (tertiary alicyclic amines) is 1. The van der Waals surface area contributed by atoms with E-state index < -0.39 is 52.3 Å². The van der Waals surface area contributed by atoms with Crippen molar-refractivity contribution in [2.75, 3.05) is 12.9 Å². The Balaban J connectivity index is 1.99. The number of hydrogen-bond donors (Lipinski definition) is 1. The van der Waals surface area contributed by atoms with Crippen LogP contribution in [0.4, 0.5) is 0 Å². The van der Waals surface area contributed by atoms with Crippen LogP contribution < -0.4 is 0 Å². The summed E-state index contributed by atoms with van der Waals surface area (Å²) in [6.45, 7) is 2.95. The highest BCUT2D eigenvalue weighted by molar-refractivity contribution is 7.92. The highest BCUT2D eigenvalue weighted by atomic mass is 32.2. The molecule has 3 amide bonds. The Morgan fingerprint density at radius 3 is 2.13 bits per heavy atom. The third-order valence-electron chi connectivity index (χ3n) is 5.04. The minimum Gasteiger partial charge on any atom is -0.615 e. The molecule has 3 rings (SSSR count). The van der Waals surface area contributed by atoms with Crippen LogP contribution in [0.25, 0.3) is 0 Å². The normalized spacial score (nSPS) is 20.8. The van der Waals surface area contributed by atoms with Crippen molar-refractivity contribution in [2.24, 2.45) is 0 Å². The fraction of sp³-hybridized carbons (Fsp3) is 0.350. The molecule has 10 nitrogen and oxygen atoms in total. The number of aliphatic carboxylic acids is 1. The van der Waals surface area contributed by atoms with Gasteiger partial charge < -0.3 is 14.4 Å². The number of amides is 3. The van der Waals surface area contributed by atoms with Crippen molar-refractivity contribution in [1.82, 2.24) is 9.80 Å². The van der Waals surface area contributed by atoms with E-state index in [1.165, 1.54) is 26.0 Å². The minimum atomic E-state index is -1.97. The minimum absolute atomic E-state index is 0.110. The topological polar surface area (TPSA) is 144 Å². The molecular weight excluding hydrogens is 428 g/mol. The zero-order valence-electron chi connectivity index (χ0n) is 17.0. The van der Waals surface area contributed by atoms with E-state index in [0.29, 0.717) is 0 Å². The lowest BCUT2D eigenvalue weighted by molar-refractivity contribution is -0.152. The number of β-lactam (4-membered cyclic amide) rings is 1. The maximum absolute atomic E-state index is 13.0. The summed E-state index contributed by atoms with van der Waals surface area (Å²) < 4.78 is 17.6. The van der Waals surface area contributed by atoms with Gasteiger partial charge in [-0.25, -0.2) is 4.79 Å². The van der Waals surface area contributed by atoms with Crippen molar-refractivity contribution in [3.05, 3.63) is 46.7 Å². The lowest BCUT2D eigenvalue weighted by atomic mass is 10.0. The molecular formula is C20H20N2O8S. The molecule has 1 N–H and O–H groups in total. The van der Waals surface area contributed by atoms with Crippen LogP contribution in [-0.4, -0.2) is 73.4 Å². The third-order valence-corrected chi connectivity index (χ3v) is 6.65. The van der Waals surface area contributed by atoms with Gasteiger partial charge in [-0.05, 0) is 42.7 Å². The number of allylic oxidation sites excluding steroid dienone is 1. The van der Waals surface area contributed by atoms with E-state index in [1.807, 2.05) is 0 Å². The molecule has 0 spiro atoms. The molecule has 0 aromatic heterocycles. The number of rotatable bonds is 7. The molecule has 3 atom stereocenters.